The SMILES string of the molecule is CCN1CCN(C(C)(C)C(=C(C#N)C(=O)N2CCCCC2)n2cnc3cnccc32)CC1=O. The zero-order valence-corrected chi connectivity index (χ0v) is 19.6. The fourth-order valence-corrected chi connectivity index (χ4v) is 4.89. The smallest absolute Gasteiger partial charge is 0.266 e. The molecule has 9 nitrogen and oxygen atoms in total. The van der Waals surface area contributed by atoms with Gasteiger partial charge in [-0.15, -0.1) is 0 Å². The van der Waals surface area contributed by atoms with Gasteiger partial charge < -0.3 is 9.80 Å². The van der Waals surface area contributed by atoms with Crippen molar-refractivity contribution in [1.82, 2.24) is 29.2 Å². The first-order valence-corrected chi connectivity index (χ1v) is 11.6. The first-order valence-electron chi connectivity index (χ1n) is 11.6. The van der Waals surface area contributed by atoms with Gasteiger partial charge in [0.15, 0.2) is 0 Å². The molecule has 4 rings (SSSR count). The van der Waals surface area contributed by atoms with Gasteiger partial charge in [0, 0.05) is 38.9 Å². The second-order valence-electron chi connectivity index (χ2n) is 9.12. The van der Waals surface area contributed by atoms with E-state index in [2.05, 4.69) is 20.9 Å². The number of carbonyl (C=O) groups is 2. The Morgan fingerprint density at radius 1 is 1.18 bits per heavy atom. The van der Waals surface area contributed by atoms with Crippen LogP contribution in [-0.2, 0) is 9.59 Å². The molecule has 0 aromatic carbocycles. The van der Waals surface area contributed by atoms with Crippen LogP contribution in [0.5, 0.6) is 0 Å². The van der Waals surface area contributed by atoms with Crippen molar-refractivity contribution in [1.29, 1.82) is 5.26 Å². The van der Waals surface area contributed by atoms with Crippen LogP contribution in [0, 0.1) is 11.3 Å². The van der Waals surface area contributed by atoms with Crippen LogP contribution in [0.4, 0.5) is 0 Å². The van der Waals surface area contributed by atoms with E-state index in [1.54, 1.807) is 23.6 Å². The molecular weight excluding hydrogens is 418 g/mol. The Hall–Kier alpha value is -3.25. The van der Waals surface area contributed by atoms with Crippen LogP contribution in [-0.4, -0.2) is 85.9 Å². The predicted molar refractivity (Wildman–Crippen MR) is 125 cm³/mol. The highest BCUT2D eigenvalue weighted by atomic mass is 16.2. The van der Waals surface area contributed by atoms with Crippen molar-refractivity contribution in [3.8, 4) is 6.07 Å². The summed E-state index contributed by atoms with van der Waals surface area (Å²) in [5, 5.41) is 10.3. The number of piperazine rings is 1. The van der Waals surface area contributed by atoms with E-state index >= 15 is 0 Å². The number of carbonyl (C=O) groups excluding carboxylic acids is 2. The predicted octanol–water partition coefficient (Wildman–Crippen LogP) is 2.12. The lowest BCUT2D eigenvalue weighted by Crippen LogP contribution is -2.58. The van der Waals surface area contributed by atoms with Gasteiger partial charge in [0.05, 0.1) is 29.5 Å². The summed E-state index contributed by atoms with van der Waals surface area (Å²) in [6.45, 7) is 9.40. The Bertz CT molecular complexity index is 1120. The summed E-state index contributed by atoms with van der Waals surface area (Å²) in [4.78, 5) is 40.6. The third-order valence-corrected chi connectivity index (χ3v) is 6.87. The zero-order chi connectivity index (χ0) is 23.6. The van der Waals surface area contributed by atoms with Crippen LogP contribution >= 0.6 is 0 Å². The first-order chi connectivity index (χ1) is 15.9. The highest BCUT2D eigenvalue weighted by Gasteiger charge is 2.40. The largest absolute Gasteiger partial charge is 0.341 e. The number of likely N-dealkylation sites (N-methyl/N-ethyl adjacent to an activating group) is 1. The van der Waals surface area contributed by atoms with Crippen molar-refractivity contribution in [3.63, 3.8) is 0 Å². The molecule has 33 heavy (non-hydrogen) atoms. The molecule has 9 heteroatoms. The van der Waals surface area contributed by atoms with Crippen LogP contribution in [0.3, 0.4) is 0 Å². The number of hydrogen-bond acceptors (Lipinski definition) is 6. The maximum absolute atomic E-state index is 13.6. The van der Waals surface area contributed by atoms with Gasteiger partial charge in [0.2, 0.25) is 5.91 Å². The lowest BCUT2D eigenvalue weighted by molar-refractivity contribution is -0.137. The summed E-state index contributed by atoms with van der Waals surface area (Å²) < 4.78 is 1.83. The van der Waals surface area contributed by atoms with Crippen molar-refractivity contribution in [2.45, 2.75) is 45.6 Å². The Balaban J connectivity index is 1.85. The monoisotopic (exact) mass is 449 g/mol. The highest BCUT2D eigenvalue weighted by molar-refractivity contribution is 6.04. The Morgan fingerprint density at radius 2 is 1.94 bits per heavy atom. The lowest BCUT2D eigenvalue weighted by atomic mass is 9.91. The molecule has 0 aliphatic carbocycles. The van der Waals surface area contributed by atoms with Crippen molar-refractivity contribution >= 4 is 28.5 Å². The summed E-state index contributed by atoms with van der Waals surface area (Å²) in [5.41, 5.74) is 1.32. The van der Waals surface area contributed by atoms with Crippen LogP contribution in [0.25, 0.3) is 16.7 Å². The van der Waals surface area contributed by atoms with Crippen LogP contribution in [0.2, 0.25) is 0 Å². The molecule has 2 aliphatic rings. The molecule has 0 N–H and O–H groups in total. The molecule has 0 radical (unpaired) electrons. The quantitative estimate of drug-likeness (QED) is 0.512. The number of fused-ring (bicyclic) bond motifs is 1. The van der Waals surface area contributed by atoms with E-state index in [1.165, 1.54) is 0 Å². The molecule has 2 aromatic heterocycles. The van der Waals surface area contributed by atoms with E-state index in [1.807, 2.05) is 36.3 Å². The van der Waals surface area contributed by atoms with E-state index in [0.29, 0.717) is 43.9 Å². The fourth-order valence-electron chi connectivity index (χ4n) is 4.89. The minimum absolute atomic E-state index is 0.0525. The second-order valence-corrected chi connectivity index (χ2v) is 9.12. The number of hydrogen-bond donors (Lipinski definition) is 0. The maximum Gasteiger partial charge on any atom is 0.266 e. The summed E-state index contributed by atoms with van der Waals surface area (Å²) in [7, 11) is 0. The molecule has 0 spiro atoms. The summed E-state index contributed by atoms with van der Waals surface area (Å²) >= 11 is 0. The average molecular weight is 450 g/mol. The van der Waals surface area contributed by atoms with Crippen LogP contribution in [0.1, 0.15) is 40.0 Å². The molecule has 2 fully saturated rings. The van der Waals surface area contributed by atoms with Gasteiger partial charge in [0.25, 0.3) is 5.91 Å². The van der Waals surface area contributed by atoms with Crippen LogP contribution < -0.4 is 0 Å². The molecule has 0 saturated carbocycles. The van der Waals surface area contributed by atoms with Crippen molar-refractivity contribution in [3.05, 3.63) is 30.4 Å². The summed E-state index contributed by atoms with van der Waals surface area (Å²) in [6.07, 6.45) is 7.96. The number of nitrogens with zero attached hydrogens (tertiary/aromatic N) is 7. The van der Waals surface area contributed by atoms with Gasteiger partial charge in [-0.1, -0.05) is 0 Å². The van der Waals surface area contributed by atoms with E-state index in [0.717, 1.165) is 24.8 Å². The summed E-state index contributed by atoms with van der Waals surface area (Å²) in [5.74, 6) is -0.202. The van der Waals surface area contributed by atoms with Gasteiger partial charge in [-0.25, -0.2) is 4.98 Å². The lowest BCUT2D eigenvalue weighted by Gasteiger charge is -2.45. The molecule has 4 heterocycles. The van der Waals surface area contributed by atoms with Crippen molar-refractivity contribution in [2.24, 2.45) is 0 Å². The highest BCUT2D eigenvalue weighted by Crippen LogP contribution is 2.35. The van der Waals surface area contributed by atoms with Crippen molar-refractivity contribution in [2.75, 3.05) is 39.3 Å². The van der Waals surface area contributed by atoms with Crippen LogP contribution in [0.15, 0.2) is 30.4 Å². The summed E-state index contributed by atoms with van der Waals surface area (Å²) in [6, 6.07) is 4.06. The normalized spacial score (nSPS) is 18.9. The number of piperidine rings is 1. The molecule has 0 unspecified atom stereocenters. The van der Waals surface area contributed by atoms with E-state index < -0.39 is 5.54 Å². The van der Waals surface area contributed by atoms with Gasteiger partial charge in [-0.3, -0.25) is 24.0 Å². The van der Waals surface area contributed by atoms with Gasteiger partial charge in [-0.2, -0.15) is 5.26 Å². The maximum atomic E-state index is 13.6. The number of aromatic nitrogens is 3. The van der Waals surface area contributed by atoms with Gasteiger partial charge in [-0.05, 0) is 46.1 Å². The molecule has 2 saturated heterocycles. The second kappa shape index (κ2) is 9.32. The third-order valence-electron chi connectivity index (χ3n) is 6.87. The average Bonchev–Trinajstić information content (AvgIpc) is 3.25. The molecular formula is C24H31N7O2. The van der Waals surface area contributed by atoms with E-state index in [-0.39, 0.29) is 23.9 Å². The third kappa shape index (κ3) is 4.23. The molecule has 174 valence electrons. The molecule has 0 atom stereocenters. The van der Waals surface area contributed by atoms with E-state index in [9.17, 15) is 14.9 Å². The molecule has 2 aliphatic heterocycles. The Kier molecular flexibility index (Phi) is 6.47. The number of imidazole rings is 1. The van der Waals surface area contributed by atoms with Crippen molar-refractivity contribution < 1.29 is 9.59 Å². The molecule has 2 aromatic rings. The number of amides is 2. The number of rotatable bonds is 5. The zero-order valence-electron chi connectivity index (χ0n) is 19.6. The Morgan fingerprint density at radius 3 is 2.61 bits per heavy atom. The Labute approximate surface area is 194 Å². The fraction of sp³-hybridized carbons (Fsp3) is 0.542. The first kappa shape index (κ1) is 22.9. The topological polar surface area (TPSA) is 98.4 Å². The number of pyridine rings is 1. The number of likely N-dealkylation sites (tertiary alicyclic amines) is 1. The van der Waals surface area contributed by atoms with Gasteiger partial charge >= 0.3 is 0 Å². The minimum Gasteiger partial charge on any atom is -0.341 e. The van der Waals surface area contributed by atoms with E-state index in [4.69, 9.17) is 0 Å². The standard InChI is InChI=1S/C24H31N7O2/c1-4-28-12-13-30(16-21(28)32)24(2,3)22(31-17-27-19-15-26-9-8-20(19)31)18(14-25)23(33)29-10-6-5-7-11-29/h8-9,15,17H,4-7,10-13,16H2,1-3H3. The minimum atomic E-state index is -0.775. The number of nitriles is 1. The molecule has 0 bridgehead atoms. The van der Waals surface area contributed by atoms with Gasteiger partial charge in [0.1, 0.15) is 23.5 Å². The molecule has 2 amide bonds.